The van der Waals surface area contributed by atoms with Crippen molar-refractivity contribution in [3.8, 4) is 0 Å². The van der Waals surface area contributed by atoms with Crippen LogP contribution in [0.2, 0.25) is 0 Å². The van der Waals surface area contributed by atoms with Crippen LogP contribution in [-0.2, 0) is 6.54 Å². The van der Waals surface area contributed by atoms with Gasteiger partial charge in [0, 0.05) is 11.3 Å². The molecular weight excluding hydrogens is 246 g/mol. The van der Waals surface area contributed by atoms with E-state index in [0.717, 1.165) is 0 Å². The molecule has 6 heteroatoms. The van der Waals surface area contributed by atoms with Crippen LogP contribution in [-0.4, -0.2) is 16.7 Å². The van der Waals surface area contributed by atoms with Gasteiger partial charge in [0.1, 0.15) is 0 Å². The molecule has 0 saturated heterocycles. The van der Waals surface area contributed by atoms with Crippen molar-refractivity contribution in [2.75, 3.05) is 5.32 Å². The Hall–Kier alpha value is -2.47. The fourth-order valence-electron chi connectivity index (χ4n) is 1.49. The molecule has 1 amide bonds. The number of Topliss-reactive ketones (excluding diaryl/α,β-unsaturated/α-hetero) is 1. The Bertz CT molecular complexity index is 602. The highest BCUT2D eigenvalue weighted by Gasteiger charge is 2.12. The maximum Gasteiger partial charge on any atom is 0.293 e. The standard InChI is InChI=1S/C13H13N3O3/c1-8(17)9-2-4-10(5-3-9)16-13(18)11-7-15-12(6-14)19-11/h2-5,7H,6,14H2,1H3,(H,16,18). The van der Waals surface area contributed by atoms with Gasteiger partial charge in [0.25, 0.3) is 5.91 Å². The zero-order valence-corrected chi connectivity index (χ0v) is 10.3. The monoisotopic (exact) mass is 259 g/mol. The van der Waals surface area contributed by atoms with Crippen molar-refractivity contribution in [3.05, 3.63) is 47.7 Å². The highest BCUT2D eigenvalue weighted by atomic mass is 16.4. The van der Waals surface area contributed by atoms with Crippen molar-refractivity contribution >= 4 is 17.4 Å². The molecule has 0 saturated carbocycles. The summed E-state index contributed by atoms with van der Waals surface area (Å²) in [6, 6.07) is 6.58. The number of nitrogens with zero attached hydrogens (tertiary/aromatic N) is 1. The molecule has 0 atom stereocenters. The van der Waals surface area contributed by atoms with Gasteiger partial charge in [-0.05, 0) is 31.2 Å². The van der Waals surface area contributed by atoms with Crippen LogP contribution >= 0.6 is 0 Å². The molecule has 3 N–H and O–H groups in total. The van der Waals surface area contributed by atoms with Crippen LogP contribution in [0.4, 0.5) is 5.69 Å². The number of amides is 1. The first-order chi connectivity index (χ1) is 9.10. The Balaban J connectivity index is 2.08. The quantitative estimate of drug-likeness (QED) is 0.812. The van der Waals surface area contributed by atoms with Crippen LogP contribution in [0.25, 0.3) is 0 Å². The Kier molecular flexibility index (Phi) is 3.72. The maximum atomic E-state index is 11.8. The van der Waals surface area contributed by atoms with E-state index in [-0.39, 0.29) is 18.1 Å². The van der Waals surface area contributed by atoms with E-state index in [2.05, 4.69) is 10.3 Å². The molecule has 0 bridgehead atoms. The number of hydrogen-bond acceptors (Lipinski definition) is 5. The fourth-order valence-corrected chi connectivity index (χ4v) is 1.49. The third kappa shape index (κ3) is 3.05. The van der Waals surface area contributed by atoms with Crippen LogP contribution in [0.5, 0.6) is 0 Å². The Morgan fingerprint density at radius 3 is 2.53 bits per heavy atom. The molecule has 0 fully saturated rings. The first kappa shape index (κ1) is 13.0. The average Bonchev–Trinajstić information content (AvgIpc) is 2.88. The highest BCUT2D eigenvalue weighted by Crippen LogP contribution is 2.12. The van der Waals surface area contributed by atoms with Crippen LogP contribution in [0, 0.1) is 0 Å². The molecule has 2 aromatic rings. The van der Waals surface area contributed by atoms with Gasteiger partial charge in [0.05, 0.1) is 12.7 Å². The minimum absolute atomic E-state index is 0.0271. The number of rotatable bonds is 4. The van der Waals surface area contributed by atoms with Gasteiger partial charge in [-0.3, -0.25) is 9.59 Å². The van der Waals surface area contributed by atoms with Crippen molar-refractivity contribution in [1.29, 1.82) is 0 Å². The summed E-state index contributed by atoms with van der Waals surface area (Å²) in [5.41, 5.74) is 6.50. The molecule has 1 aromatic heterocycles. The second kappa shape index (κ2) is 5.45. The summed E-state index contributed by atoms with van der Waals surface area (Å²) in [5, 5.41) is 2.64. The Morgan fingerprint density at radius 2 is 2.00 bits per heavy atom. The van der Waals surface area contributed by atoms with Gasteiger partial charge < -0.3 is 15.5 Å². The second-order valence-corrected chi connectivity index (χ2v) is 3.91. The molecule has 0 spiro atoms. The second-order valence-electron chi connectivity index (χ2n) is 3.91. The summed E-state index contributed by atoms with van der Waals surface area (Å²) >= 11 is 0. The number of nitrogens with one attached hydrogen (secondary N) is 1. The zero-order valence-electron chi connectivity index (χ0n) is 10.3. The van der Waals surface area contributed by atoms with E-state index in [1.165, 1.54) is 13.1 Å². The minimum atomic E-state index is -0.414. The van der Waals surface area contributed by atoms with Gasteiger partial charge >= 0.3 is 0 Å². The van der Waals surface area contributed by atoms with Crippen molar-refractivity contribution in [3.63, 3.8) is 0 Å². The van der Waals surface area contributed by atoms with Gasteiger partial charge in [-0.15, -0.1) is 0 Å². The lowest BCUT2D eigenvalue weighted by Gasteiger charge is -2.03. The predicted molar refractivity (Wildman–Crippen MR) is 68.8 cm³/mol. The summed E-state index contributed by atoms with van der Waals surface area (Å²) in [5.74, 6) is -0.0448. The number of hydrogen-bond donors (Lipinski definition) is 2. The molecule has 6 nitrogen and oxygen atoms in total. The van der Waals surface area contributed by atoms with Crippen LogP contribution in [0.15, 0.2) is 34.9 Å². The first-order valence-electron chi connectivity index (χ1n) is 5.67. The smallest absolute Gasteiger partial charge is 0.293 e. The van der Waals surface area contributed by atoms with E-state index < -0.39 is 5.91 Å². The normalized spacial score (nSPS) is 10.2. The predicted octanol–water partition coefficient (Wildman–Crippen LogP) is 1.59. The van der Waals surface area contributed by atoms with Gasteiger partial charge in [0.15, 0.2) is 5.78 Å². The highest BCUT2D eigenvalue weighted by molar-refractivity contribution is 6.02. The van der Waals surface area contributed by atoms with E-state index in [4.69, 9.17) is 10.2 Å². The number of nitrogens with two attached hydrogens (primary N) is 1. The summed E-state index contributed by atoms with van der Waals surface area (Å²) < 4.78 is 5.13. The number of benzene rings is 1. The molecule has 0 unspecified atom stereocenters. The summed E-state index contributed by atoms with van der Waals surface area (Å²) in [7, 11) is 0. The SMILES string of the molecule is CC(=O)c1ccc(NC(=O)c2cnc(CN)o2)cc1. The molecule has 19 heavy (non-hydrogen) atoms. The van der Waals surface area contributed by atoms with Crippen molar-refractivity contribution in [2.45, 2.75) is 13.5 Å². The number of oxazole rings is 1. The van der Waals surface area contributed by atoms with Gasteiger partial charge in [-0.1, -0.05) is 0 Å². The van der Waals surface area contributed by atoms with Crippen molar-refractivity contribution in [1.82, 2.24) is 4.98 Å². The molecular formula is C13H13N3O3. The van der Waals surface area contributed by atoms with E-state index >= 15 is 0 Å². The molecule has 0 aliphatic heterocycles. The number of anilines is 1. The number of ketones is 1. The summed E-state index contributed by atoms with van der Waals surface area (Å²) in [6.07, 6.45) is 1.32. The lowest BCUT2D eigenvalue weighted by Crippen LogP contribution is -2.11. The first-order valence-corrected chi connectivity index (χ1v) is 5.67. The van der Waals surface area contributed by atoms with Crippen molar-refractivity contribution in [2.24, 2.45) is 5.73 Å². The Morgan fingerprint density at radius 1 is 1.32 bits per heavy atom. The van der Waals surface area contributed by atoms with E-state index in [9.17, 15) is 9.59 Å². The fraction of sp³-hybridized carbons (Fsp3) is 0.154. The molecule has 1 aromatic carbocycles. The van der Waals surface area contributed by atoms with Gasteiger partial charge in [0.2, 0.25) is 11.7 Å². The third-order valence-electron chi connectivity index (χ3n) is 2.50. The molecule has 0 radical (unpaired) electrons. The van der Waals surface area contributed by atoms with E-state index in [1.54, 1.807) is 24.3 Å². The van der Waals surface area contributed by atoms with Crippen LogP contribution in [0.3, 0.4) is 0 Å². The summed E-state index contributed by atoms with van der Waals surface area (Å²) in [4.78, 5) is 26.8. The largest absolute Gasteiger partial charge is 0.434 e. The topological polar surface area (TPSA) is 98.2 Å². The number of aromatic nitrogens is 1. The lowest BCUT2D eigenvalue weighted by atomic mass is 10.1. The molecule has 2 rings (SSSR count). The molecule has 0 aliphatic carbocycles. The van der Waals surface area contributed by atoms with Gasteiger partial charge in [-0.25, -0.2) is 4.98 Å². The van der Waals surface area contributed by atoms with Crippen LogP contribution < -0.4 is 11.1 Å². The molecule has 98 valence electrons. The third-order valence-corrected chi connectivity index (χ3v) is 2.50. The summed E-state index contributed by atoms with van der Waals surface area (Å²) in [6.45, 7) is 1.62. The molecule has 1 heterocycles. The minimum Gasteiger partial charge on any atom is -0.434 e. The average molecular weight is 259 g/mol. The number of carbonyl (C=O) groups is 2. The zero-order chi connectivity index (χ0) is 13.8. The van der Waals surface area contributed by atoms with Crippen LogP contribution in [0.1, 0.15) is 33.7 Å². The van der Waals surface area contributed by atoms with Crippen molar-refractivity contribution < 1.29 is 14.0 Å². The number of carbonyl (C=O) groups excluding carboxylic acids is 2. The van der Waals surface area contributed by atoms with E-state index in [1.807, 2.05) is 0 Å². The molecule has 0 aliphatic rings. The van der Waals surface area contributed by atoms with Gasteiger partial charge in [-0.2, -0.15) is 0 Å². The van der Waals surface area contributed by atoms with E-state index in [0.29, 0.717) is 17.1 Å². The lowest BCUT2D eigenvalue weighted by molar-refractivity contribution is 0.0993. The Labute approximate surface area is 109 Å². The maximum absolute atomic E-state index is 11.8.